The molecule has 0 aromatic heterocycles. The molecular formula is C13H16ClFN2O2. The lowest BCUT2D eigenvalue weighted by atomic mass is 10.1. The second-order valence-corrected chi connectivity index (χ2v) is 4.92. The largest absolute Gasteiger partial charge is 0.378 e. The predicted molar refractivity (Wildman–Crippen MR) is 71.1 cm³/mol. The number of rotatable bonds is 3. The van der Waals surface area contributed by atoms with E-state index in [0.29, 0.717) is 25.3 Å². The van der Waals surface area contributed by atoms with Crippen molar-refractivity contribution in [2.45, 2.75) is 13.0 Å². The van der Waals surface area contributed by atoms with Gasteiger partial charge >= 0.3 is 0 Å². The molecule has 0 aliphatic carbocycles. The van der Waals surface area contributed by atoms with Gasteiger partial charge in [-0.15, -0.1) is 0 Å². The van der Waals surface area contributed by atoms with Gasteiger partial charge in [-0.05, 0) is 24.6 Å². The van der Waals surface area contributed by atoms with Crippen LogP contribution in [-0.4, -0.2) is 38.3 Å². The Morgan fingerprint density at radius 3 is 3.11 bits per heavy atom. The second kappa shape index (κ2) is 6.32. The molecule has 1 amide bonds. The second-order valence-electron chi connectivity index (χ2n) is 4.52. The van der Waals surface area contributed by atoms with E-state index < -0.39 is 5.82 Å². The Hall–Kier alpha value is -1.17. The number of morpholine rings is 1. The van der Waals surface area contributed by atoms with Crippen LogP contribution in [0.25, 0.3) is 0 Å². The molecule has 0 bridgehead atoms. The van der Waals surface area contributed by atoms with Gasteiger partial charge < -0.3 is 15.4 Å². The molecule has 0 saturated carbocycles. The quantitative estimate of drug-likeness (QED) is 0.885. The Bertz CT molecular complexity index is 476. The van der Waals surface area contributed by atoms with Crippen LogP contribution in [0.3, 0.4) is 0 Å². The molecule has 1 saturated heterocycles. The zero-order valence-corrected chi connectivity index (χ0v) is 11.4. The number of ether oxygens (including phenoxy) is 1. The summed E-state index contributed by atoms with van der Waals surface area (Å²) in [6, 6.07) is 2.69. The first-order valence-corrected chi connectivity index (χ1v) is 6.50. The van der Waals surface area contributed by atoms with E-state index in [1.165, 1.54) is 6.07 Å². The van der Waals surface area contributed by atoms with E-state index in [9.17, 15) is 9.18 Å². The van der Waals surface area contributed by atoms with Crippen LogP contribution in [0.1, 0.15) is 15.9 Å². The van der Waals surface area contributed by atoms with Crippen LogP contribution >= 0.6 is 11.6 Å². The maximum atomic E-state index is 13.4. The average molecular weight is 287 g/mol. The number of amides is 1. The minimum atomic E-state index is -0.436. The van der Waals surface area contributed by atoms with Crippen LogP contribution < -0.4 is 10.6 Å². The van der Waals surface area contributed by atoms with E-state index in [-0.39, 0.29) is 22.5 Å². The zero-order valence-electron chi connectivity index (χ0n) is 10.6. The van der Waals surface area contributed by atoms with Crippen molar-refractivity contribution in [3.8, 4) is 0 Å². The minimum Gasteiger partial charge on any atom is -0.378 e. The highest BCUT2D eigenvalue weighted by atomic mass is 35.5. The monoisotopic (exact) mass is 286 g/mol. The number of hydrogen-bond donors (Lipinski definition) is 2. The van der Waals surface area contributed by atoms with Crippen LogP contribution in [0.4, 0.5) is 4.39 Å². The molecule has 6 heteroatoms. The van der Waals surface area contributed by atoms with Crippen molar-refractivity contribution in [2.24, 2.45) is 0 Å². The van der Waals surface area contributed by atoms with E-state index in [2.05, 4.69) is 10.6 Å². The Balaban J connectivity index is 1.97. The third-order valence-corrected chi connectivity index (χ3v) is 3.31. The maximum absolute atomic E-state index is 13.4. The minimum absolute atomic E-state index is 0.0757. The summed E-state index contributed by atoms with van der Waals surface area (Å²) >= 11 is 5.95. The lowest BCUT2D eigenvalue weighted by Crippen LogP contribution is -2.48. The van der Waals surface area contributed by atoms with Gasteiger partial charge in [0.25, 0.3) is 5.91 Å². The molecule has 4 nitrogen and oxygen atoms in total. The maximum Gasteiger partial charge on any atom is 0.252 e. The lowest BCUT2D eigenvalue weighted by Gasteiger charge is -2.24. The van der Waals surface area contributed by atoms with Gasteiger partial charge in [0.2, 0.25) is 0 Å². The smallest absolute Gasteiger partial charge is 0.252 e. The first-order chi connectivity index (χ1) is 9.08. The molecule has 1 aromatic rings. The molecule has 0 radical (unpaired) electrons. The van der Waals surface area contributed by atoms with Crippen molar-refractivity contribution >= 4 is 17.5 Å². The molecule has 1 fully saturated rings. The van der Waals surface area contributed by atoms with Crippen molar-refractivity contribution < 1.29 is 13.9 Å². The van der Waals surface area contributed by atoms with Gasteiger partial charge in [0, 0.05) is 19.1 Å². The van der Waals surface area contributed by atoms with Gasteiger partial charge in [-0.1, -0.05) is 11.6 Å². The fourth-order valence-electron chi connectivity index (χ4n) is 1.88. The Morgan fingerprint density at radius 2 is 2.42 bits per heavy atom. The highest BCUT2D eigenvalue weighted by Crippen LogP contribution is 2.20. The molecule has 19 heavy (non-hydrogen) atoms. The Kier molecular flexibility index (Phi) is 4.74. The Morgan fingerprint density at radius 1 is 1.63 bits per heavy atom. The van der Waals surface area contributed by atoms with E-state index in [4.69, 9.17) is 16.3 Å². The third kappa shape index (κ3) is 3.65. The summed E-state index contributed by atoms with van der Waals surface area (Å²) in [5, 5.41) is 6.19. The molecule has 1 aliphatic heterocycles. The number of benzene rings is 1. The summed E-state index contributed by atoms with van der Waals surface area (Å²) in [6.07, 6.45) is 0. The fraction of sp³-hybridized carbons (Fsp3) is 0.462. The number of hydrogen-bond acceptors (Lipinski definition) is 3. The number of aryl methyl sites for hydroxylation is 1. The molecule has 2 rings (SSSR count). The van der Waals surface area contributed by atoms with Gasteiger partial charge in [-0.2, -0.15) is 0 Å². The number of nitrogens with one attached hydrogen (secondary N) is 2. The van der Waals surface area contributed by atoms with Crippen LogP contribution in [0.2, 0.25) is 5.02 Å². The SMILES string of the molecule is Cc1cc(Cl)c(C(=O)NCC2COCCN2)cc1F. The fourth-order valence-corrected chi connectivity index (χ4v) is 2.19. The molecule has 1 unspecified atom stereocenters. The predicted octanol–water partition coefficient (Wildman–Crippen LogP) is 1.51. The van der Waals surface area contributed by atoms with Crippen molar-refractivity contribution in [3.63, 3.8) is 0 Å². The van der Waals surface area contributed by atoms with Crippen LogP contribution in [-0.2, 0) is 4.74 Å². The molecule has 1 aliphatic rings. The normalized spacial score (nSPS) is 19.2. The van der Waals surface area contributed by atoms with E-state index in [1.54, 1.807) is 6.92 Å². The number of carbonyl (C=O) groups is 1. The van der Waals surface area contributed by atoms with Crippen LogP contribution in [0.15, 0.2) is 12.1 Å². The first kappa shape index (κ1) is 14.2. The van der Waals surface area contributed by atoms with Crippen molar-refractivity contribution in [1.29, 1.82) is 0 Å². The highest BCUT2D eigenvalue weighted by molar-refractivity contribution is 6.33. The first-order valence-electron chi connectivity index (χ1n) is 6.13. The zero-order chi connectivity index (χ0) is 13.8. The Labute approximate surface area is 116 Å². The van der Waals surface area contributed by atoms with Crippen molar-refractivity contribution in [1.82, 2.24) is 10.6 Å². The summed E-state index contributed by atoms with van der Waals surface area (Å²) in [6.45, 7) is 4.02. The van der Waals surface area contributed by atoms with Crippen molar-refractivity contribution in [2.75, 3.05) is 26.3 Å². The molecule has 104 valence electrons. The van der Waals surface area contributed by atoms with E-state index in [0.717, 1.165) is 12.6 Å². The van der Waals surface area contributed by atoms with Gasteiger partial charge in [0.15, 0.2) is 0 Å². The average Bonchev–Trinajstić information content (AvgIpc) is 2.41. The topological polar surface area (TPSA) is 50.4 Å². The number of halogens is 2. The van der Waals surface area contributed by atoms with Crippen molar-refractivity contribution in [3.05, 3.63) is 34.1 Å². The van der Waals surface area contributed by atoms with Gasteiger partial charge in [-0.25, -0.2) is 4.39 Å². The summed E-state index contributed by atoms with van der Waals surface area (Å²) in [5.41, 5.74) is 0.574. The molecule has 2 N–H and O–H groups in total. The lowest BCUT2D eigenvalue weighted by molar-refractivity contribution is 0.0734. The summed E-state index contributed by atoms with van der Waals surface area (Å²) in [7, 11) is 0. The molecule has 1 atom stereocenters. The summed E-state index contributed by atoms with van der Waals surface area (Å²) < 4.78 is 18.7. The van der Waals surface area contributed by atoms with E-state index >= 15 is 0 Å². The molecular weight excluding hydrogens is 271 g/mol. The summed E-state index contributed by atoms with van der Waals surface area (Å²) in [4.78, 5) is 11.9. The van der Waals surface area contributed by atoms with Gasteiger partial charge in [-0.3, -0.25) is 4.79 Å². The van der Waals surface area contributed by atoms with Crippen LogP contribution in [0.5, 0.6) is 0 Å². The standard InChI is InChI=1S/C13H16ClFN2O2/c1-8-4-11(14)10(5-12(8)15)13(18)17-6-9-7-19-3-2-16-9/h4-5,9,16H,2-3,6-7H2,1H3,(H,17,18). The molecule has 1 aromatic carbocycles. The van der Waals surface area contributed by atoms with E-state index in [1.807, 2.05) is 0 Å². The number of carbonyl (C=O) groups excluding carboxylic acids is 1. The summed E-state index contributed by atoms with van der Waals surface area (Å²) in [5.74, 6) is -0.815. The van der Waals surface area contributed by atoms with Gasteiger partial charge in [0.05, 0.1) is 23.8 Å². The molecule has 0 spiro atoms. The van der Waals surface area contributed by atoms with Crippen LogP contribution in [0, 0.1) is 12.7 Å². The highest BCUT2D eigenvalue weighted by Gasteiger charge is 2.17. The van der Waals surface area contributed by atoms with Gasteiger partial charge in [0.1, 0.15) is 5.82 Å². The molecule has 1 heterocycles. The third-order valence-electron chi connectivity index (χ3n) is 3.00.